The highest BCUT2D eigenvalue weighted by molar-refractivity contribution is 9.10. The number of para-hydroxylation sites is 2. The van der Waals surface area contributed by atoms with E-state index in [0.717, 1.165) is 32.9 Å². The average molecular weight is 2120 g/mol. The number of fused-ring (bicyclic) bond motifs is 12. The van der Waals surface area contributed by atoms with Gasteiger partial charge in [-0.15, -0.1) is 11.1 Å². The molecule has 2 N–H and O–H groups in total. The first-order valence-electron chi connectivity index (χ1n) is 46.5. The summed E-state index contributed by atoms with van der Waals surface area (Å²) in [6.45, 7) is 3.79. The zero-order chi connectivity index (χ0) is 98.4. The molecular formula is C124H98Br2Cl2N2O6S3Si3-2. The highest BCUT2D eigenvalue weighted by atomic mass is 79.9. The van der Waals surface area contributed by atoms with E-state index >= 15 is 0 Å². The molecule has 2 heterocycles. The first-order chi connectivity index (χ1) is 69.2. The highest BCUT2D eigenvalue weighted by Gasteiger charge is 2.44. The smallest absolute Gasteiger partial charge is 0.261 e. The van der Waals surface area contributed by atoms with Crippen LogP contribution >= 0.6 is 53.6 Å². The van der Waals surface area contributed by atoms with Crippen LogP contribution < -0.4 is 57.1 Å². The summed E-state index contributed by atoms with van der Waals surface area (Å²) in [6.07, 6.45) is 2.11. The van der Waals surface area contributed by atoms with Gasteiger partial charge in [0.25, 0.3) is 9.05 Å². The molecule has 0 spiro atoms. The largest absolute Gasteiger partial charge is 0.768 e. The maximum atomic E-state index is 10.7. The number of H-pyrrole nitrogens is 2. The van der Waals surface area contributed by atoms with Gasteiger partial charge in [0.2, 0.25) is 7.38 Å². The molecule has 2 aromatic heterocycles. The maximum absolute atomic E-state index is 10.7. The third-order valence-corrected chi connectivity index (χ3v) is 44.2. The van der Waals surface area contributed by atoms with E-state index in [4.69, 9.17) is 21.8 Å². The molecule has 2 aliphatic rings. The number of benzene rings is 20. The molecule has 2 aliphatic carbocycles. The summed E-state index contributed by atoms with van der Waals surface area (Å²) < 4.78 is 64.7. The monoisotopic (exact) mass is 2120 g/mol. The van der Waals surface area contributed by atoms with Crippen LogP contribution in [0.5, 0.6) is 0 Å². The van der Waals surface area contributed by atoms with Gasteiger partial charge in [-0.2, -0.15) is 0 Å². The molecular weight excluding hydrogens is 2020 g/mol. The number of aryl methyl sites for hydroxylation is 2. The number of halogens is 4. The van der Waals surface area contributed by atoms with Crippen LogP contribution in [0.3, 0.4) is 0 Å². The van der Waals surface area contributed by atoms with Crippen molar-refractivity contribution in [3.63, 3.8) is 0 Å². The third kappa shape index (κ3) is 22.9. The molecule has 0 saturated carbocycles. The van der Waals surface area contributed by atoms with E-state index < -0.39 is 54.7 Å². The average Bonchev–Trinajstić information content (AvgIpc) is 1.42. The number of hydrogen-bond donors (Lipinski definition) is 2. The van der Waals surface area contributed by atoms with Crippen LogP contribution in [-0.2, 0) is 44.1 Å². The van der Waals surface area contributed by atoms with Gasteiger partial charge in [0.15, 0.2) is 16.1 Å². The van der Waals surface area contributed by atoms with Gasteiger partial charge in [-0.05, 0) is 235 Å². The summed E-state index contributed by atoms with van der Waals surface area (Å²) in [5.74, 6) is 0. The molecule has 22 aromatic rings. The molecule has 0 saturated heterocycles. The number of aromatic nitrogens is 2. The van der Waals surface area contributed by atoms with Crippen LogP contribution in [-0.4, -0.2) is 59.4 Å². The Labute approximate surface area is 864 Å². The summed E-state index contributed by atoms with van der Waals surface area (Å²) >= 11 is 10.1. The zero-order valence-electron chi connectivity index (χ0n) is 77.8. The van der Waals surface area contributed by atoms with Gasteiger partial charge < -0.3 is 19.1 Å². The minimum Gasteiger partial charge on any atom is -0.768 e. The predicted octanol–water partition coefficient (Wildman–Crippen LogP) is 24.4. The van der Waals surface area contributed by atoms with Crippen LogP contribution in [0.1, 0.15) is 33.4 Å². The summed E-state index contributed by atoms with van der Waals surface area (Å²) in [5.41, 5.74) is 18.2. The zero-order valence-corrected chi connectivity index (χ0v) is 87.9. The van der Waals surface area contributed by atoms with Gasteiger partial charge >= 0.3 is 0 Å². The Morgan fingerprint density at radius 3 is 0.901 bits per heavy atom. The Hall–Kier alpha value is -13.6. The van der Waals surface area contributed by atoms with Crippen molar-refractivity contribution in [3.8, 4) is 22.3 Å². The standard InChI is InChI=1S/C31H24Si.C30H23NSi.C18H15ClSi.C13H9Br.C12H8BrN.C7H7ClO2S.C7H8O2S.C6H6O2S/c1-4-13-26(14-5-1)32(27-15-6-2-7-16-27,28-17-8-3-9-18-28)29-21-20-25-22-24-12-10-11-19-30(24)31(25)23-29;1-4-12-23(13-5-1)32(24-14-6-2-7-15-24,25-16-8-3-9-17-25)26-20-21-30-28(22-26)27-18-10-11-19-29(27)31-30;19-20(16-10-4-1-5-11-16,17-12-6-2-7-13-17)18-14-8-3-9-15-18;14-11-6-5-10-7-9-3-1-2-4-12(9)13(10)8-11;13-8-5-6-12-10(7-8)9-3-1-2-4-11(9)14-12;1-6-2-4-7(5-3-6)11(8,9)10;1-6-2-4-7(5-3-6)10(8)9;7-9(8)6-4-2-1-3-5-6/h1-21,23H,22H2;1-22,31H;1-15H;1-6,8H,7H2;1-7,14H;2-5H,1H3;2-5H,1H3,(H,8,9);1-5H,(H,7,8)/p-2. The normalized spacial score (nSPS) is 11.9. The van der Waals surface area contributed by atoms with E-state index in [9.17, 15) is 25.9 Å². The fraction of sp³-hybridized carbons (Fsp3) is 0.0323. The molecule has 0 aliphatic heterocycles. The van der Waals surface area contributed by atoms with Crippen molar-refractivity contribution >= 4 is 209 Å². The third-order valence-electron chi connectivity index (χ3n) is 25.6. The summed E-state index contributed by atoms with van der Waals surface area (Å²) in [6, 6.07) is 181. The number of hydrogen-bond acceptors (Lipinski definition) is 6. The Morgan fingerprint density at radius 1 is 0.261 bits per heavy atom. The molecule has 18 heteroatoms. The molecule has 700 valence electrons. The van der Waals surface area contributed by atoms with Crippen LogP contribution in [0.25, 0.3) is 65.9 Å². The molecule has 20 aromatic carbocycles. The van der Waals surface area contributed by atoms with Gasteiger partial charge in [0, 0.05) is 73.0 Å². The second-order valence-corrected chi connectivity index (χ2v) is 53.1. The lowest BCUT2D eigenvalue weighted by Gasteiger charge is -2.34. The number of aromatic amines is 2. The van der Waals surface area contributed by atoms with Crippen LogP contribution in [0, 0.1) is 13.8 Å². The second-order valence-electron chi connectivity index (χ2n) is 34.4. The fourth-order valence-corrected chi connectivity index (χ4v) is 34.7. The first kappa shape index (κ1) is 99.9. The van der Waals surface area contributed by atoms with E-state index in [1.165, 1.54) is 157 Å². The topological polar surface area (TPSA) is 146 Å². The second kappa shape index (κ2) is 46.8. The molecule has 142 heavy (non-hydrogen) atoms. The van der Waals surface area contributed by atoms with Crippen molar-refractivity contribution in [1.82, 2.24) is 9.97 Å². The number of rotatable bonds is 14. The molecule has 0 amide bonds. The lowest BCUT2D eigenvalue weighted by Crippen LogP contribution is -2.74. The maximum Gasteiger partial charge on any atom is 0.261 e. The number of nitrogens with one attached hydrogen (secondary N) is 2. The quantitative estimate of drug-likeness (QED) is 0.0364. The van der Waals surface area contributed by atoms with Crippen LogP contribution in [0.15, 0.2) is 545 Å². The van der Waals surface area contributed by atoms with Crippen molar-refractivity contribution < 1.29 is 25.9 Å². The Balaban J connectivity index is 0.000000117. The van der Waals surface area contributed by atoms with E-state index in [2.05, 4.69) is 460 Å². The lowest BCUT2D eigenvalue weighted by molar-refractivity contribution is 0.535. The van der Waals surface area contributed by atoms with E-state index in [0.29, 0.717) is 9.79 Å². The summed E-state index contributed by atoms with van der Waals surface area (Å²) in [4.78, 5) is 7.79. The van der Waals surface area contributed by atoms with Crippen molar-refractivity contribution in [2.45, 2.75) is 41.4 Å². The molecule has 2 atom stereocenters. The Morgan fingerprint density at radius 2 is 0.528 bits per heavy atom. The van der Waals surface area contributed by atoms with Crippen molar-refractivity contribution in [3.05, 3.63) is 564 Å². The minimum absolute atomic E-state index is 0.143. The lowest BCUT2D eigenvalue weighted by atomic mass is 10.1. The summed E-state index contributed by atoms with van der Waals surface area (Å²) in [5, 5.41) is 20.1. The van der Waals surface area contributed by atoms with Crippen molar-refractivity contribution in [2.75, 3.05) is 0 Å². The SMILES string of the molecule is Brc1ccc2[nH]c3ccccc3c2c1.Brc1ccc2c(c1)-c1ccccc1C2.Cc1ccc(S(=O)(=O)Cl)cc1.Cc1ccc(S(=O)[O-])cc1.Cl[Si](c1ccccc1)(c1ccccc1)c1ccccc1.O=S([O-])c1ccccc1.c1ccc([Si](c2ccccc2)(c2ccccc2)c2ccc3[nH]c4ccccc4c3c2)cc1.c1ccc([Si](c2ccccc2)(c2ccccc2)c2ccc3c(c2)-c2ccccc2C3)cc1. The predicted molar refractivity (Wildman–Crippen MR) is 610 cm³/mol. The molecule has 0 bridgehead atoms. The van der Waals surface area contributed by atoms with E-state index in [1.54, 1.807) is 66.7 Å². The first-order valence-corrected chi connectivity index (χ1v) is 59.6. The van der Waals surface area contributed by atoms with E-state index in [-0.39, 0.29) is 4.90 Å². The van der Waals surface area contributed by atoms with Gasteiger partial charge in [0.1, 0.15) is 0 Å². The van der Waals surface area contributed by atoms with Crippen molar-refractivity contribution in [2.24, 2.45) is 0 Å². The van der Waals surface area contributed by atoms with Gasteiger partial charge in [-0.1, -0.05) is 480 Å². The van der Waals surface area contributed by atoms with Gasteiger partial charge in [-0.3, -0.25) is 8.42 Å². The van der Waals surface area contributed by atoms with E-state index in [1.807, 2.05) is 38.1 Å². The molecule has 2 unspecified atom stereocenters. The van der Waals surface area contributed by atoms with Gasteiger partial charge in [0.05, 0.1) is 4.90 Å². The fourth-order valence-electron chi connectivity index (χ4n) is 18.9. The minimum atomic E-state index is -3.55. The van der Waals surface area contributed by atoms with Crippen LogP contribution in [0.4, 0.5) is 0 Å². The molecule has 8 nitrogen and oxygen atoms in total. The molecule has 0 radical (unpaired) electrons. The highest BCUT2D eigenvalue weighted by Crippen LogP contribution is 2.39. The molecule has 24 rings (SSSR count). The Bertz CT molecular complexity index is 7880. The summed E-state index contributed by atoms with van der Waals surface area (Å²) in [7, 11) is -5.83. The van der Waals surface area contributed by atoms with Crippen LogP contribution in [0.2, 0.25) is 0 Å². The van der Waals surface area contributed by atoms with Gasteiger partial charge in [-0.25, -0.2) is 8.42 Å². The Kier molecular flexibility index (Phi) is 33.0. The molecule has 0 fully saturated rings. The van der Waals surface area contributed by atoms with Crippen molar-refractivity contribution in [1.29, 1.82) is 0 Å².